The first-order valence-corrected chi connectivity index (χ1v) is 10.7. The number of hydrogen-bond donors (Lipinski definition) is 0. The topological polar surface area (TPSA) is 57.0 Å². The summed E-state index contributed by atoms with van der Waals surface area (Å²) in [6.45, 7) is 6.43. The average Bonchev–Trinajstić information content (AvgIpc) is 2.71. The molecule has 0 aromatic carbocycles. The number of fused-ring (bicyclic) bond motifs is 1. The van der Waals surface area contributed by atoms with Crippen LogP contribution < -0.4 is 0 Å². The molecule has 2 rings (SSSR count). The lowest BCUT2D eigenvalue weighted by Crippen LogP contribution is -2.12. The van der Waals surface area contributed by atoms with Gasteiger partial charge in [-0.15, -0.1) is 0 Å². The average molecular weight is 437 g/mol. The van der Waals surface area contributed by atoms with Gasteiger partial charge in [0.25, 0.3) is 0 Å². The molecule has 2 aromatic rings. The second-order valence-electron chi connectivity index (χ2n) is 4.90. The predicted octanol–water partition coefficient (Wildman–Crippen LogP) is 3.27. The van der Waals surface area contributed by atoms with Crippen molar-refractivity contribution in [1.82, 2.24) is 14.5 Å². The molecule has 0 amide bonds. The molecule has 0 aliphatic rings. The molecule has 0 N–H and O–H groups in total. The molecule has 2 aromatic heterocycles. The van der Waals surface area contributed by atoms with Crippen LogP contribution in [0, 0.1) is 3.57 Å². The van der Waals surface area contributed by atoms with E-state index < -0.39 is 0 Å². The second-order valence-corrected chi connectivity index (χ2v) is 9.25. The summed E-state index contributed by atoms with van der Waals surface area (Å²) < 4.78 is 8.28. The SMILES string of the molecule is C[Si](C)CCOCCn1c(C=O)c(I)c2c(Cl)ncnc21. The van der Waals surface area contributed by atoms with Crippen LogP contribution in [-0.4, -0.2) is 42.8 Å². The van der Waals surface area contributed by atoms with Gasteiger partial charge in [-0.1, -0.05) is 24.7 Å². The van der Waals surface area contributed by atoms with Crippen molar-refractivity contribution >= 4 is 60.3 Å². The van der Waals surface area contributed by atoms with Crippen LogP contribution in [0.25, 0.3) is 11.0 Å². The molecule has 0 spiro atoms. The lowest BCUT2D eigenvalue weighted by Gasteiger charge is -2.08. The number of aromatic nitrogens is 3. The summed E-state index contributed by atoms with van der Waals surface area (Å²) in [5, 5.41) is 1.10. The number of ether oxygens (including phenoxy) is 1. The van der Waals surface area contributed by atoms with Gasteiger partial charge in [-0.05, 0) is 28.6 Å². The zero-order chi connectivity index (χ0) is 15.4. The Morgan fingerprint density at radius 1 is 1.43 bits per heavy atom. The van der Waals surface area contributed by atoms with E-state index in [1.807, 2.05) is 4.57 Å². The fourth-order valence-electron chi connectivity index (χ4n) is 1.99. The van der Waals surface area contributed by atoms with E-state index in [0.717, 1.165) is 27.9 Å². The van der Waals surface area contributed by atoms with Crippen LogP contribution in [0.4, 0.5) is 0 Å². The number of nitrogens with zero attached hydrogens (tertiary/aromatic N) is 3. The largest absolute Gasteiger partial charge is 0.380 e. The third-order valence-electron chi connectivity index (χ3n) is 3.09. The van der Waals surface area contributed by atoms with Gasteiger partial charge in [-0.25, -0.2) is 9.97 Å². The summed E-state index contributed by atoms with van der Waals surface area (Å²) >= 11 is 8.22. The minimum absolute atomic E-state index is 0.255. The molecule has 0 aliphatic carbocycles. The predicted molar refractivity (Wildman–Crippen MR) is 93.8 cm³/mol. The smallest absolute Gasteiger partial charge is 0.167 e. The van der Waals surface area contributed by atoms with Crippen LogP contribution >= 0.6 is 34.2 Å². The first kappa shape index (κ1) is 16.9. The molecule has 21 heavy (non-hydrogen) atoms. The van der Waals surface area contributed by atoms with Gasteiger partial charge < -0.3 is 9.30 Å². The third kappa shape index (κ3) is 3.82. The third-order valence-corrected chi connectivity index (χ3v) is 5.67. The van der Waals surface area contributed by atoms with Gasteiger partial charge in [0.05, 0.1) is 21.3 Å². The van der Waals surface area contributed by atoms with Crippen molar-refractivity contribution in [2.24, 2.45) is 0 Å². The monoisotopic (exact) mass is 436 g/mol. The van der Waals surface area contributed by atoms with E-state index in [-0.39, 0.29) is 8.80 Å². The van der Waals surface area contributed by atoms with Crippen molar-refractivity contribution in [3.8, 4) is 0 Å². The summed E-state index contributed by atoms with van der Waals surface area (Å²) in [7, 11) is -0.255. The summed E-state index contributed by atoms with van der Waals surface area (Å²) in [6.07, 6.45) is 2.24. The number of carbonyl (C=O) groups is 1. The molecule has 0 saturated heterocycles. The fraction of sp³-hybridized carbons (Fsp3) is 0.462. The Balaban J connectivity index is 2.19. The Hall–Kier alpha value is -0.513. The van der Waals surface area contributed by atoms with Gasteiger partial charge in [0, 0.05) is 21.9 Å². The molecule has 0 atom stereocenters. The summed E-state index contributed by atoms with van der Waals surface area (Å²) in [5.74, 6) is 0. The van der Waals surface area contributed by atoms with Crippen LogP contribution in [-0.2, 0) is 11.3 Å². The normalized spacial score (nSPS) is 11.5. The van der Waals surface area contributed by atoms with Crippen molar-refractivity contribution in [3.05, 3.63) is 20.7 Å². The number of rotatable bonds is 7. The van der Waals surface area contributed by atoms with E-state index in [2.05, 4.69) is 45.7 Å². The van der Waals surface area contributed by atoms with Crippen molar-refractivity contribution in [2.45, 2.75) is 25.7 Å². The van der Waals surface area contributed by atoms with Gasteiger partial charge in [0.2, 0.25) is 0 Å². The standard InChI is InChI=1S/C13H16ClIN3O2Si/c1-21(2)6-5-20-4-3-18-9(7-19)11(15)10-12(14)16-8-17-13(10)18/h7-8H,3-6H2,1-2H3. The van der Waals surface area contributed by atoms with E-state index in [1.54, 1.807) is 0 Å². The summed E-state index contributed by atoms with van der Waals surface area (Å²) in [5.41, 5.74) is 1.26. The van der Waals surface area contributed by atoms with Gasteiger partial charge in [-0.2, -0.15) is 0 Å². The van der Waals surface area contributed by atoms with Gasteiger partial charge in [0.15, 0.2) is 6.29 Å². The summed E-state index contributed by atoms with van der Waals surface area (Å²) in [4.78, 5) is 19.6. The molecule has 0 aliphatic heterocycles. The molecule has 0 saturated carbocycles. The molecular formula is C13H16ClIN3O2Si. The second kappa shape index (κ2) is 7.66. The van der Waals surface area contributed by atoms with E-state index in [0.29, 0.717) is 29.6 Å². The maximum Gasteiger partial charge on any atom is 0.167 e. The molecule has 5 nitrogen and oxygen atoms in total. The summed E-state index contributed by atoms with van der Waals surface area (Å²) in [6, 6.07) is 1.13. The maximum absolute atomic E-state index is 11.4. The number of aldehydes is 1. The lowest BCUT2D eigenvalue weighted by molar-refractivity contribution is 0.110. The highest BCUT2D eigenvalue weighted by Gasteiger charge is 2.18. The molecule has 2 heterocycles. The lowest BCUT2D eigenvalue weighted by atomic mass is 10.4. The van der Waals surface area contributed by atoms with Gasteiger partial charge >= 0.3 is 0 Å². The molecule has 113 valence electrons. The minimum atomic E-state index is -0.255. The van der Waals surface area contributed by atoms with Crippen LogP contribution in [0.5, 0.6) is 0 Å². The first-order chi connectivity index (χ1) is 10.1. The Bertz CT molecular complexity index is 648. The molecule has 0 fully saturated rings. The Morgan fingerprint density at radius 2 is 2.19 bits per heavy atom. The van der Waals surface area contributed by atoms with E-state index in [1.165, 1.54) is 6.33 Å². The quantitative estimate of drug-likeness (QED) is 0.220. The van der Waals surface area contributed by atoms with Crippen molar-refractivity contribution < 1.29 is 9.53 Å². The van der Waals surface area contributed by atoms with E-state index in [9.17, 15) is 4.79 Å². The Morgan fingerprint density at radius 3 is 2.86 bits per heavy atom. The van der Waals surface area contributed by atoms with E-state index in [4.69, 9.17) is 16.3 Å². The minimum Gasteiger partial charge on any atom is -0.380 e. The number of carbonyl (C=O) groups excluding carboxylic acids is 1. The van der Waals surface area contributed by atoms with Crippen molar-refractivity contribution in [2.75, 3.05) is 13.2 Å². The maximum atomic E-state index is 11.4. The zero-order valence-electron chi connectivity index (χ0n) is 11.9. The fourth-order valence-corrected chi connectivity index (χ4v) is 3.84. The molecule has 8 heteroatoms. The first-order valence-electron chi connectivity index (χ1n) is 6.56. The van der Waals surface area contributed by atoms with Gasteiger partial charge in [-0.3, -0.25) is 4.79 Å². The molecule has 0 bridgehead atoms. The van der Waals surface area contributed by atoms with Gasteiger partial charge in [0.1, 0.15) is 17.1 Å². The molecule has 1 radical (unpaired) electrons. The van der Waals surface area contributed by atoms with Crippen LogP contribution in [0.3, 0.4) is 0 Å². The Kier molecular flexibility index (Phi) is 6.15. The van der Waals surface area contributed by atoms with E-state index >= 15 is 0 Å². The van der Waals surface area contributed by atoms with Crippen LogP contribution in [0.15, 0.2) is 6.33 Å². The van der Waals surface area contributed by atoms with Crippen molar-refractivity contribution in [1.29, 1.82) is 0 Å². The zero-order valence-corrected chi connectivity index (χ0v) is 15.8. The Labute approximate surface area is 143 Å². The molecular weight excluding hydrogens is 421 g/mol. The highest BCUT2D eigenvalue weighted by molar-refractivity contribution is 14.1. The number of halogens is 2. The number of hydrogen-bond acceptors (Lipinski definition) is 4. The van der Waals surface area contributed by atoms with Crippen LogP contribution in [0.1, 0.15) is 10.5 Å². The highest BCUT2D eigenvalue weighted by Crippen LogP contribution is 2.29. The highest BCUT2D eigenvalue weighted by atomic mass is 127. The molecule has 0 unspecified atom stereocenters. The van der Waals surface area contributed by atoms with Crippen LogP contribution in [0.2, 0.25) is 24.3 Å². The van der Waals surface area contributed by atoms with Crippen molar-refractivity contribution in [3.63, 3.8) is 0 Å².